The molecule has 2 heterocycles. The summed E-state index contributed by atoms with van der Waals surface area (Å²) in [4.78, 5) is 14.3. The molecule has 98 valence electrons. The van der Waals surface area contributed by atoms with E-state index >= 15 is 0 Å². The van der Waals surface area contributed by atoms with Crippen LogP contribution in [0, 0.1) is 5.92 Å². The third-order valence-electron chi connectivity index (χ3n) is 3.56. The highest BCUT2D eigenvalue weighted by atomic mass is 16.1. The first-order valence-corrected chi connectivity index (χ1v) is 6.72. The van der Waals surface area contributed by atoms with E-state index in [-0.39, 0.29) is 5.56 Å². The van der Waals surface area contributed by atoms with Crippen molar-refractivity contribution >= 4 is 0 Å². The molecule has 0 N–H and O–H groups in total. The lowest BCUT2D eigenvalue weighted by Crippen LogP contribution is -2.38. The highest BCUT2D eigenvalue weighted by Gasteiger charge is 2.16. The lowest BCUT2D eigenvalue weighted by Gasteiger charge is -2.29. The SMILES string of the molecule is C=CCCN1CCn2c(cccc2=O)C[C@@H](C)C1. The summed E-state index contributed by atoms with van der Waals surface area (Å²) in [5, 5.41) is 0. The van der Waals surface area contributed by atoms with Gasteiger partial charge in [0.2, 0.25) is 0 Å². The van der Waals surface area contributed by atoms with Crippen molar-refractivity contribution in [1.29, 1.82) is 0 Å². The Balaban J connectivity index is 2.17. The molecule has 1 aliphatic heterocycles. The fraction of sp³-hybridized carbons (Fsp3) is 0.533. The zero-order valence-corrected chi connectivity index (χ0v) is 11.1. The van der Waals surface area contributed by atoms with Gasteiger partial charge in [-0.3, -0.25) is 4.79 Å². The Morgan fingerprint density at radius 1 is 1.44 bits per heavy atom. The molecule has 0 spiro atoms. The molecule has 3 nitrogen and oxygen atoms in total. The van der Waals surface area contributed by atoms with Crippen LogP contribution in [0.5, 0.6) is 0 Å². The second-order valence-corrected chi connectivity index (χ2v) is 5.19. The molecule has 0 saturated carbocycles. The highest BCUT2D eigenvalue weighted by molar-refractivity contribution is 5.08. The van der Waals surface area contributed by atoms with Crippen LogP contribution in [-0.4, -0.2) is 29.1 Å². The Bertz CT molecular complexity index is 464. The third-order valence-corrected chi connectivity index (χ3v) is 3.56. The van der Waals surface area contributed by atoms with E-state index in [4.69, 9.17) is 0 Å². The van der Waals surface area contributed by atoms with Crippen LogP contribution in [0.15, 0.2) is 35.6 Å². The van der Waals surface area contributed by atoms with Gasteiger partial charge in [-0.1, -0.05) is 19.1 Å². The zero-order chi connectivity index (χ0) is 13.0. The van der Waals surface area contributed by atoms with E-state index in [1.54, 1.807) is 6.07 Å². The number of nitrogens with zero attached hydrogens (tertiary/aromatic N) is 2. The van der Waals surface area contributed by atoms with Crippen LogP contribution in [0.3, 0.4) is 0 Å². The van der Waals surface area contributed by atoms with Gasteiger partial charge in [0, 0.05) is 37.9 Å². The molecule has 3 heteroatoms. The number of aromatic nitrogens is 1. The topological polar surface area (TPSA) is 25.2 Å². The second kappa shape index (κ2) is 6.01. The van der Waals surface area contributed by atoms with Gasteiger partial charge in [0.25, 0.3) is 5.56 Å². The summed E-state index contributed by atoms with van der Waals surface area (Å²) in [6.07, 6.45) is 3.97. The maximum atomic E-state index is 11.9. The van der Waals surface area contributed by atoms with Gasteiger partial charge in [0.1, 0.15) is 0 Å². The first-order valence-electron chi connectivity index (χ1n) is 6.72. The van der Waals surface area contributed by atoms with Crippen molar-refractivity contribution in [2.75, 3.05) is 19.6 Å². The van der Waals surface area contributed by atoms with E-state index in [9.17, 15) is 4.79 Å². The van der Waals surface area contributed by atoms with E-state index in [0.717, 1.165) is 39.0 Å². The van der Waals surface area contributed by atoms with Crippen LogP contribution in [0.2, 0.25) is 0 Å². The largest absolute Gasteiger partial charge is 0.311 e. The lowest BCUT2D eigenvalue weighted by atomic mass is 10.0. The third kappa shape index (κ3) is 3.10. The molecule has 0 bridgehead atoms. The number of fused-ring (bicyclic) bond motifs is 1. The van der Waals surface area contributed by atoms with Crippen LogP contribution in [0.1, 0.15) is 19.0 Å². The van der Waals surface area contributed by atoms with Gasteiger partial charge in [0.05, 0.1) is 0 Å². The summed E-state index contributed by atoms with van der Waals surface area (Å²) in [5.74, 6) is 0.586. The Kier molecular flexibility index (Phi) is 4.37. The number of rotatable bonds is 3. The number of pyridine rings is 1. The minimum atomic E-state index is 0.130. The first-order chi connectivity index (χ1) is 8.70. The minimum absolute atomic E-state index is 0.130. The summed E-state index contributed by atoms with van der Waals surface area (Å²) >= 11 is 0. The van der Waals surface area contributed by atoms with Crippen molar-refractivity contribution in [3.63, 3.8) is 0 Å². The van der Waals surface area contributed by atoms with Crippen molar-refractivity contribution < 1.29 is 0 Å². The molecule has 0 saturated heterocycles. The van der Waals surface area contributed by atoms with Crippen molar-refractivity contribution in [2.45, 2.75) is 26.3 Å². The molecule has 2 rings (SSSR count). The van der Waals surface area contributed by atoms with Crippen LogP contribution in [0.25, 0.3) is 0 Å². The van der Waals surface area contributed by atoms with Gasteiger partial charge in [-0.25, -0.2) is 0 Å². The summed E-state index contributed by atoms with van der Waals surface area (Å²) in [7, 11) is 0. The van der Waals surface area contributed by atoms with Crippen LogP contribution < -0.4 is 5.56 Å². The van der Waals surface area contributed by atoms with Crippen molar-refractivity contribution in [1.82, 2.24) is 9.47 Å². The number of hydrogen-bond acceptors (Lipinski definition) is 2. The summed E-state index contributed by atoms with van der Waals surface area (Å²) < 4.78 is 1.93. The Labute approximate surface area is 109 Å². The molecule has 1 aromatic heterocycles. The van der Waals surface area contributed by atoms with E-state index in [2.05, 4.69) is 24.5 Å². The van der Waals surface area contributed by atoms with E-state index in [0.29, 0.717) is 5.92 Å². The Morgan fingerprint density at radius 2 is 2.28 bits per heavy atom. The average molecular weight is 246 g/mol. The number of hydrogen-bond donors (Lipinski definition) is 0. The fourth-order valence-corrected chi connectivity index (χ4v) is 2.67. The average Bonchev–Trinajstić information content (AvgIpc) is 2.32. The van der Waals surface area contributed by atoms with E-state index in [1.807, 2.05) is 16.7 Å². The molecule has 0 fully saturated rings. The van der Waals surface area contributed by atoms with Gasteiger partial charge in [0.15, 0.2) is 0 Å². The minimum Gasteiger partial charge on any atom is -0.311 e. The molecule has 1 aromatic rings. The molecule has 1 aliphatic rings. The monoisotopic (exact) mass is 246 g/mol. The summed E-state index contributed by atoms with van der Waals surface area (Å²) in [6.45, 7) is 9.94. The quantitative estimate of drug-likeness (QED) is 0.761. The van der Waals surface area contributed by atoms with Gasteiger partial charge >= 0.3 is 0 Å². The second-order valence-electron chi connectivity index (χ2n) is 5.19. The molecule has 0 unspecified atom stereocenters. The molecule has 0 aromatic carbocycles. The molecular weight excluding hydrogens is 224 g/mol. The summed E-state index contributed by atoms with van der Waals surface area (Å²) in [5.41, 5.74) is 1.31. The van der Waals surface area contributed by atoms with Crippen molar-refractivity contribution in [2.24, 2.45) is 5.92 Å². The Hall–Kier alpha value is -1.35. The first kappa shape index (κ1) is 13.1. The molecule has 0 amide bonds. The lowest BCUT2D eigenvalue weighted by molar-refractivity contribution is 0.217. The molecule has 0 aliphatic carbocycles. The van der Waals surface area contributed by atoms with Crippen LogP contribution in [-0.2, 0) is 13.0 Å². The fourth-order valence-electron chi connectivity index (χ4n) is 2.67. The normalized spacial score (nSPS) is 20.8. The predicted octanol–water partition coefficient (Wildman–Crippen LogP) is 1.92. The summed E-state index contributed by atoms with van der Waals surface area (Å²) in [6, 6.07) is 5.61. The van der Waals surface area contributed by atoms with Crippen molar-refractivity contribution in [3.8, 4) is 0 Å². The molecular formula is C15H22N2O. The van der Waals surface area contributed by atoms with Crippen LogP contribution >= 0.6 is 0 Å². The molecule has 0 radical (unpaired) electrons. The van der Waals surface area contributed by atoms with Gasteiger partial charge in [-0.2, -0.15) is 0 Å². The molecule has 18 heavy (non-hydrogen) atoms. The van der Waals surface area contributed by atoms with E-state index < -0.39 is 0 Å². The predicted molar refractivity (Wildman–Crippen MR) is 74.8 cm³/mol. The maximum Gasteiger partial charge on any atom is 0.250 e. The van der Waals surface area contributed by atoms with Gasteiger partial charge in [-0.05, 0) is 24.8 Å². The zero-order valence-electron chi connectivity index (χ0n) is 11.1. The van der Waals surface area contributed by atoms with Gasteiger partial charge in [-0.15, -0.1) is 6.58 Å². The van der Waals surface area contributed by atoms with E-state index in [1.165, 1.54) is 5.69 Å². The maximum absolute atomic E-state index is 11.9. The van der Waals surface area contributed by atoms with Gasteiger partial charge < -0.3 is 9.47 Å². The smallest absolute Gasteiger partial charge is 0.250 e. The Morgan fingerprint density at radius 3 is 3.06 bits per heavy atom. The standard InChI is InChI=1S/C15H22N2O/c1-3-4-8-16-9-10-17-14(11-13(2)12-16)6-5-7-15(17)18/h3,5-7,13H,1,4,8-12H2,2H3/t13-/m1/s1. The van der Waals surface area contributed by atoms with Crippen molar-refractivity contribution in [3.05, 3.63) is 46.9 Å². The molecule has 1 atom stereocenters. The van der Waals surface area contributed by atoms with Crippen LogP contribution in [0.4, 0.5) is 0 Å². The highest BCUT2D eigenvalue weighted by Crippen LogP contribution is 2.12.